The number of rotatable bonds is 4. The summed E-state index contributed by atoms with van der Waals surface area (Å²) in [5.41, 5.74) is 5.39. The van der Waals surface area contributed by atoms with Gasteiger partial charge in [-0.2, -0.15) is 0 Å². The number of hydrogen-bond donors (Lipinski definition) is 2. The van der Waals surface area contributed by atoms with Crippen LogP contribution >= 0.6 is 0 Å². The molecular weight excluding hydrogens is 415 g/mol. The molecule has 3 aliphatic rings. The van der Waals surface area contributed by atoms with Gasteiger partial charge in [-0.05, 0) is 37.1 Å². The number of carbonyl (C=O) groups is 1. The molecule has 9 heteroatoms. The molecule has 2 N–H and O–H groups in total. The monoisotopic (exact) mass is 434 g/mol. The summed E-state index contributed by atoms with van der Waals surface area (Å²) < 4.78 is 17.0. The molecule has 6 rings (SSSR count). The lowest BCUT2D eigenvalue weighted by Crippen LogP contribution is -2.26. The predicted octanol–water partition coefficient (Wildman–Crippen LogP) is 2.70. The van der Waals surface area contributed by atoms with Crippen LogP contribution in [0, 0.1) is 5.82 Å². The highest BCUT2D eigenvalue weighted by atomic mass is 19.1. The number of hydrogen-bond acceptors (Lipinski definition) is 6. The molecule has 3 aromatic rings. The van der Waals surface area contributed by atoms with Gasteiger partial charge in [0.2, 0.25) is 5.43 Å². The SMILES string of the molecule is O=C(O)c1cn(C2CC2)c2cc(N3CC4=C(c5ccccn5)NOC4C3)c(F)cc2c1=O. The predicted molar refractivity (Wildman–Crippen MR) is 115 cm³/mol. The van der Waals surface area contributed by atoms with Crippen molar-refractivity contribution in [1.29, 1.82) is 0 Å². The normalized spacial score (nSPS) is 20.0. The molecule has 8 nitrogen and oxygen atoms in total. The number of fused-ring (bicyclic) bond motifs is 2. The van der Waals surface area contributed by atoms with E-state index < -0.39 is 17.2 Å². The molecule has 2 aromatic heterocycles. The molecule has 1 aromatic carbocycles. The number of benzene rings is 1. The van der Waals surface area contributed by atoms with E-state index >= 15 is 4.39 Å². The van der Waals surface area contributed by atoms with Crippen molar-refractivity contribution in [2.75, 3.05) is 18.0 Å². The van der Waals surface area contributed by atoms with E-state index in [9.17, 15) is 14.7 Å². The largest absolute Gasteiger partial charge is 0.477 e. The molecule has 1 saturated heterocycles. The molecule has 0 spiro atoms. The highest BCUT2D eigenvalue weighted by Crippen LogP contribution is 2.39. The molecule has 1 saturated carbocycles. The average molecular weight is 434 g/mol. The molecule has 0 amide bonds. The van der Waals surface area contributed by atoms with Gasteiger partial charge in [-0.25, -0.2) is 9.18 Å². The number of pyridine rings is 2. The van der Waals surface area contributed by atoms with Crippen molar-refractivity contribution in [3.63, 3.8) is 0 Å². The fourth-order valence-corrected chi connectivity index (χ4v) is 4.55. The molecule has 0 bridgehead atoms. The molecule has 32 heavy (non-hydrogen) atoms. The lowest BCUT2D eigenvalue weighted by atomic mass is 10.1. The van der Waals surface area contributed by atoms with Crippen LogP contribution in [0.1, 0.15) is 34.9 Å². The quantitative estimate of drug-likeness (QED) is 0.652. The maximum Gasteiger partial charge on any atom is 0.341 e. The maximum absolute atomic E-state index is 15.2. The first-order valence-corrected chi connectivity index (χ1v) is 10.4. The zero-order valence-corrected chi connectivity index (χ0v) is 16.9. The van der Waals surface area contributed by atoms with Gasteiger partial charge in [-0.1, -0.05) is 6.07 Å². The van der Waals surface area contributed by atoms with Crippen LogP contribution in [0.15, 0.2) is 53.1 Å². The second-order valence-corrected chi connectivity index (χ2v) is 8.34. The lowest BCUT2D eigenvalue weighted by molar-refractivity contribution is 0.0577. The third-order valence-corrected chi connectivity index (χ3v) is 6.29. The number of anilines is 1. The number of nitrogens with one attached hydrogen (secondary N) is 1. The van der Waals surface area contributed by atoms with E-state index in [0.29, 0.717) is 24.3 Å². The standard InChI is InChI=1S/C23H19FN4O4/c24-16-7-13-18(28(12-4-5-12)10-15(22(13)29)23(30)31)8-19(16)27-9-14-20(11-27)32-26-21(14)17-3-1-2-6-25-17/h1-3,6-8,10,12,20,26H,4-5,9,11H2,(H,30,31). The molecule has 1 unspecified atom stereocenters. The van der Waals surface area contributed by atoms with Gasteiger partial charge >= 0.3 is 5.97 Å². The number of nitrogens with zero attached hydrogens (tertiary/aromatic N) is 3. The van der Waals surface area contributed by atoms with E-state index in [1.807, 2.05) is 23.1 Å². The maximum atomic E-state index is 15.2. The average Bonchev–Trinajstić information content (AvgIpc) is 3.42. The summed E-state index contributed by atoms with van der Waals surface area (Å²) in [7, 11) is 0. The third kappa shape index (κ3) is 2.89. The number of carboxylic acid groups (broad SMARTS) is 1. The zero-order valence-electron chi connectivity index (χ0n) is 16.9. The molecule has 2 aliphatic heterocycles. The summed E-state index contributed by atoms with van der Waals surface area (Å²) in [5, 5.41) is 9.50. The molecule has 1 aliphatic carbocycles. The smallest absolute Gasteiger partial charge is 0.341 e. The van der Waals surface area contributed by atoms with Gasteiger partial charge in [-0.15, -0.1) is 0 Å². The minimum absolute atomic E-state index is 0.0868. The second-order valence-electron chi connectivity index (χ2n) is 8.34. The Labute approximate surface area is 181 Å². The van der Waals surface area contributed by atoms with Crippen LogP contribution in [-0.2, 0) is 4.84 Å². The van der Waals surface area contributed by atoms with Crippen LogP contribution < -0.4 is 15.8 Å². The van der Waals surface area contributed by atoms with Crippen LogP contribution in [0.3, 0.4) is 0 Å². The number of aromatic carboxylic acids is 1. The highest BCUT2D eigenvalue weighted by Gasteiger charge is 2.38. The van der Waals surface area contributed by atoms with Gasteiger partial charge in [0.15, 0.2) is 0 Å². The van der Waals surface area contributed by atoms with Crippen molar-refractivity contribution >= 4 is 28.3 Å². The first-order valence-electron chi connectivity index (χ1n) is 10.4. The number of carboxylic acids is 1. The van der Waals surface area contributed by atoms with Crippen molar-refractivity contribution in [2.24, 2.45) is 0 Å². The summed E-state index contributed by atoms with van der Waals surface area (Å²) in [6.07, 6.45) is 4.66. The Morgan fingerprint density at radius 1 is 1.28 bits per heavy atom. The summed E-state index contributed by atoms with van der Waals surface area (Å²) in [6, 6.07) is 8.56. The summed E-state index contributed by atoms with van der Waals surface area (Å²) in [5.74, 6) is -1.87. The summed E-state index contributed by atoms with van der Waals surface area (Å²) in [6.45, 7) is 0.898. The van der Waals surface area contributed by atoms with Gasteiger partial charge in [0.25, 0.3) is 0 Å². The Balaban J connectivity index is 1.45. The van der Waals surface area contributed by atoms with Crippen LogP contribution in [0.4, 0.5) is 10.1 Å². The van der Waals surface area contributed by atoms with Gasteiger partial charge in [0.1, 0.15) is 17.5 Å². The van der Waals surface area contributed by atoms with E-state index in [0.717, 1.165) is 29.8 Å². The Kier molecular flexibility index (Phi) is 4.09. The topological polar surface area (TPSA) is 96.7 Å². The molecular formula is C23H19FN4O4. The zero-order chi connectivity index (χ0) is 22.0. The van der Waals surface area contributed by atoms with E-state index in [1.165, 1.54) is 12.3 Å². The van der Waals surface area contributed by atoms with E-state index in [1.54, 1.807) is 16.8 Å². The first-order chi connectivity index (χ1) is 15.5. The Hall–Kier alpha value is -3.72. The second kappa shape index (κ2) is 6.89. The molecule has 2 fully saturated rings. The van der Waals surface area contributed by atoms with Crippen molar-refractivity contribution < 1.29 is 19.1 Å². The molecule has 0 radical (unpaired) electrons. The van der Waals surface area contributed by atoms with Gasteiger partial charge in [-0.3, -0.25) is 20.1 Å². The fraction of sp³-hybridized carbons (Fsp3) is 0.261. The third-order valence-electron chi connectivity index (χ3n) is 6.29. The van der Waals surface area contributed by atoms with Gasteiger partial charge < -0.3 is 14.6 Å². The number of hydroxylamine groups is 1. The Bertz CT molecular complexity index is 1360. The highest BCUT2D eigenvalue weighted by molar-refractivity contribution is 5.93. The van der Waals surface area contributed by atoms with Crippen molar-refractivity contribution in [2.45, 2.75) is 25.0 Å². The number of halogens is 1. The Morgan fingerprint density at radius 2 is 2.12 bits per heavy atom. The van der Waals surface area contributed by atoms with Gasteiger partial charge in [0.05, 0.1) is 29.1 Å². The van der Waals surface area contributed by atoms with Crippen LogP contribution in [0.2, 0.25) is 0 Å². The van der Waals surface area contributed by atoms with E-state index in [4.69, 9.17) is 4.84 Å². The van der Waals surface area contributed by atoms with Crippen LogP contribution in [0.5, 0.6) is 0 Å². The Morgan fingerprint density at radius 3 is 2.84 bits per heavy atom. The van der Waals surface area contributed by atoms with Crippen molar-refractivity contribution in [3.05, 3.63) is 75.6 Å². The van der Waals surface area contributed by atoms with Crippen molar-refractivity contribution in [1.82, 2.24) is 15.0 Å². The first kappa shape index (κ1) is 19.0. The fourth-order valence-electron chi connectivity index (χ4n) is 4.55. The molecule has 1 atom stereocenters. The minimum Gasteiger partial charge on any atom is -0.477 e. The minimum atomic E-state index is -1.30. The summed E-state index contributed by atoms with van der Waals surface area (Å²) in [4.78, 5) is 36.2. The van der Waals surface area contributed by atoms with Crippen LogP contribution in [0.25, 0.3) is 16.6 Å². The van der Waals surface area contributed by atoms with E-state index in [-0.39, 0.29) is 23.1 Å². The van der Waals surface area contributed by atoms with E-state index in [2.05, 4.69) is 10.5 Å². The van der Waals surface area contributed by atoms with Crippen molar-refractivity contribution in [3.8, 4) is 0 Å². The van der Waals surface area contributed by atoms with Gasteiger partial charge in [0, 0.05) is 35.9 Å². The lowest BCUT2D eigenvalue weighted by Gasteiger charge is -2.21. The molecule has 162 valence electrons. The molecule has 4 heterocycles. The van der Waals surface area contributed by atoms with Crippen LogP contribution in [-0.4, -0.2) is 39.8 Å². The number of aromatic nitrogens is 2. The summed E-state index contributed by atoms with van der Waals surface area (Å²) >= 11 is 0.